The number of carbonyl (C=O) groups is 1. The van der Waals surface area contributed by atoms with Gasteiger partial charge in [-0.3, -0.25) is 4.79 Å². The van der Waals surface area contributed by atoms with Crippen LogP contribution in [0.4, 0.5) is 0 Å². The molecule has 1 saturated carbocycles. The molecule has 2 atom stereocenters. The minimum absolute atomic E-state index is 0.145. The maximum Gasteiger partial charge on any atom is 0.324 e. The molecule has 0 unspecified atom stereocenters. The van der Waals surface area contributed by atoms with E-state index in [2.05, 4.69) is 0 Å². The predicted molar refractivity (Wildman–Crippen MR) is 53.4 cm³/mol. The Kier molecular flexibility index (Phi) is 2.01. The second-order valence-electron chi connectivity index (χ2n) is 3.62. The first-order valence-electron chi connectivity index (χ1n) is 4.32. The summed E-state index contributed by atoms with van der Waals surface area (Å²) in [6, 6.07) is 7.22. The fraction of sp³-hybridized carbons (Fsp3) is 0.300. The molecule has 1 aliphatic rings. The van der Waals surface area contributed by atoms with Crippen LogP contribution in [0.5, 0.6) is 0 Å². The SMILES string of the molecule is N[C@@]1(C(=O)O)C[C@H]1c1ccccc1Cl. The maximum absolute atomic E-state index is 10.8. The normalized spacial score (nSPS) is 30.0. The van der Waals surface area contributed by atoms with Crippen molar-refractivity contribution in [3.63, 3.8) is 0 Å². The molecule has 3 nitrogen and oxygen atoms in total. The van der Waals surface area contributed by atoms with Crippen LogP contribution in [0, 0.1) is 0 Å². The summed E-state index contributed by atoms with van der Waals surface area (Å²) in [6.07, 6.45) is 0.464. The van der Waals surface area contributed by atoms with Crippen LogP contribution in [0.1, 0.15) is 17.9 Å². The van der Waals surface area contributed by atoms with Crippen molar-refractivity contribution in [2.45, 2.75) is 17.9 Å². The van der Waals surface area contributed by atoms with Gasteiger partial charge in [0.1, 0.15) is 5.54 Å². The van der Waals surface area contributed by atoms with Crippen LogP contribution in [0.25, 0.3) is 0 Å². The highest BCUT2D eigenvalue weighted by Crippen LogP contribution is 2.51. The Balaban J connectivity index is 2.29. The van der Waals surface area contributed by atoms with E-state index in [1.165, 1.54) is 0 Å². The molecule has 0 aliphatic heterocycles. The summed E-state index contributed by atoms with van der Waals surface area (Å²) in [5.74, 6) is -1.10. The van der Waals surface area contributed by atoms with E-state index in [4.69, 9.17) is 22.4 Å². The maximum atomic E-state index is 10.8. The average molecular weight is 212 g/mol. The molecular formula is C10H10ClNO2. The van der Waals surface area contributed by atoms with E-state index in [9.17, 15) is 4.79 Å². The van der Waals surface area contributed by atoms with E-state index in [0.717, 1.165) is 5.56 Å². The van der Waals surface area contributed by atoms with Crippen LogP contribution in [0.2, 0.25) is 5.02 Å². The highest BCUT2D eigenvalue weighted by Gasteiger charge is 2.58. The molecule has 3 N–H and O–H groups in total. The van der Waals surface area contributed by atoms with Gasteiger partial charge in [-0.25, -0.2) is 0 Å². The Hall–Kier alpha value is -1.06. The molecular weight excluding hydrogens is 202 g/mol. The lowest BCUT2D eigenvalue weighted by molar-refractivity contribution is -0.139. The Morgan fingerprint density at radius 3 is 2.71 bits per heavy atom. The second-order valence-corrected chi connectivity index (χ2v) is 4.03. The zero-order chi connectivity index (χ0) is 10.3. The van der Waals surface area contributed by atoms with Crippen molar-refractivity contribution in [2.24, 2.45) is 5.73 Å². The smallest absolute Gasteiger partial charge is 0.324 e. The zero-order valence-electron chi connectivity index (χ0n) is 7.40. The monoisotopic (exact) mass is 211 g/mol. The first kappa shape index (κ1) is 9.49. The summed E-state index contributed by atoms with van der Waals surface area (Å²) in [6.45, 7) is 0. The zero-order valence-corrected chi connectivity index (χ0v) is 8.16. The molecule has 1 aromatic rings. The van der Waals surface area contributed by atoms with E-state index in [1.807, 2.05) is 18.2 Å². The Morgan fingerprint density at radius 2 is 2.21 bits per heavy atom. The molecule has 74 valence electrons. The first-order chi connectivity index (χ1) is 6.55. The van der Waals surface area contributed by atoms with Crippen LogP contribution in [0.3, 0.4) is 0 Å². The number of hydrogen-bond donors (Lipinski definition) is 2. The van der Waals surface area contributed by atoms with Crippen molar-refractivity contribution < 1.29 is 9.90 Å². The van der Waals surface area contributed by atoms with E-state index in [-0.39, 0.29) is 5.92 Å². The number of carboxylic acids is 1. The second kappa shape index (κ2) is 2.97. The van der Waals surface area contributed by atoms with Gasteiger partial charge >= 0.3 is 5.97 Å². The van der Waals surface area contributed by atoms with Gasteiger partial charge in [-0.1, -0.05) is 29.8 Å². The third-order valence-corrected chi connectivity index (χ3v) is 3.03. The Labute approximate surface area is 86.5 Å². The van der Waals surface area contributed by atoms with E-state index in [1.54, 1.807) is 6.07 Å². The van der Waals surface area contributed by atoms with E-state index >= 15 is 0 Å². The molecule has 0 amide bonds. The lowest BCUT2D eigenvalue weighted by Gasteiger charge is -2.06. The largest absolute Gasteiger partial charge is 0.480 e. The third-order valence-electron chi connectivity index (χ3n) is 2.68. The van der Waals surface area contributed by atoms with Crippen molar-refractivity contribution in [3.05, 3.63) is 34.9 Å². The van der Waals surface area contributed by atoms with Gasteiger partial charge in [-0.15, -0.1) is 0 Å². The van der Waals surface area contributed by atoms with Crippen LogP contribution >= 0.6 is 11.6 Å². The summed E-state index contributed by atoms with van der Waals surface area (Å²) in [4.78, 5) is 10.8. The van der Waals surface area contributed by atoms with Crippen LogP contribution < -0.4 is 5.73 Å². The quantitative estimate of drug-likeness (QED) is 0.781. The summed E-state index contributed by atoms with van der Waals surface area (Å²) in [5, 5.41) is 9.46. The number of carboxylic acid groups (broad SMARTS) is 1. The van der Waals surface area contributed by atoms with Crippen molar-refractivity contribution in [2.75, 3.05) is 0 Å². The predicted octanol–water partition coefficient (Wildman–Crippen LogP) is 1.61. The van der Waals surface area contributed by atoms with Gasteiger partial charge in [0.05, 0.1) is 0 Å². The third kappa shape index (κ3) is 1.29. The highest BCUT2D eigenvalue weighted by atomic mass is 35.5. The summed E-state index contributed by atoms with van der Waals surface area (Å²) < 4.78 is 0. The van der Waals surface area contributed by atoms with Gasteiger partial charge in [0, 0.05) is 10.9 Å². The van der Waals surface area contributed by atoms with Gasteiger partial charge in [0.25, 0.3) is 0 Å². The van der Waals surface area contributed by atoms with Crippen molar-refractivity contribution in [1.82, 2.24) is 0 Å². The van der Waals surface area contributed by atoms with Crippen LogP contribution in [-0.4, -0.2) is 16.6 Å². The van der Waals surface area contributed by atoms with E-state index < -0.39 is 11.5 Å². The number of nitrogens with two attached hydrogens (primary N) is 1. The van der Waals surface area contributed by atoms with Gasteiger partial charge < -0.3 is 10.8 Å². The lowest BCUT2D eigenvalue weighted by atomic mass is 10.1. The number of benzene rings is 1. The Morgan fingerprint density at radius 1 is 1.57 bits per heavy atom. The molecule has 4 heteroatoms. The molecule has 0 spiro atoms. The standard InChI is InChI=1S/C10H10ClNO2/c11-8-4-2-1-3-6(8)7-5-10(7,12)9(13)14/h1-4,7H,5,12H2,(H,13,14)/t7-,10-/m0/s1. The minimum Gasteiger partial charge on any atom is -0.480 e. The molecule has 0 bridgehead atoms. The Bertz CT molecular complexity index is 393. The van der Waals surface area contributed by atoms with Crippen molar-refractivity contribution in [3.8, 4) is 0 Å². The number of rotatable bonds is 2. The summed E-state index contributed by atoms with van der Waals surface area (Å²) in [5.41, 5.74) is 5.40. The number of hydrogen-bond acceptors (Lipinski definition) is 2. The fourth-order valence-corrected chi connectivity index (χ4v) is 1.93. The summed E-state index contributed by atoms with van der Waals surface area (Å²) >= 11 is 5.94. The molecule has 1 fully saturated rings. The number of aliphatic carboxylic acids is 1. The molecule has 0 radical (unpaired) electrons. The van der Waals surface area contributed by atoms with Gasteiger partial charge in [-0.05, 0) is 18.1 Å². The molecule has 1 aliphatic carbocycles. The van der Waals surface area contributed by atoms with Gasteiger partial charge in [0.15, 0.2) is 0 Å². The molecule has 1 aromatic carbocycles. The van der Waals surface area contributed by atoms with Crippen molar-refractivity contribution >= 4 is 17.6 Å². The first-order valence-corrected chi connectivity index (χ1v) is 4.70. The molecule has 2 rings (SSSR count). The highest BCUT2D eigenvalue weighted by molar-refractivity contribution is 6.31. The van der Waals surface area contributed by atoms with Crippen LogP contribution in [-0.2, 0) is 4.79 Å². The molecule has 0 aromatic heterocycles. The number of halogens is 1. The lowest BCUT2D eigenvalue weighted by Crippen LogP contribution is -2.34. The summed E-state index contributed by atoms with van der Waals surface area (Å²) in [7, 11) is 0. The fourth-order valence-electron chi connectivity index (χ4n) is 1.66. The molecule has 14 heavy (non-hydrogen) atoms. The van der Waals surface area contributed by atoms with Gasteiger partial charge in [-0.2, -0.15) is 0 Å². The minimum atomic E-state index is -1.11. The topological polar surface area (TPSA) is 63.3 Å². The van der Waals surface area contributed by atoms with E-state index in [0.29, 0.717) is 11.4 Å². The van der Waals surface area contributed by atoms with Crippen LogP contribution in [0.15, 0.2) is 24.3 Å². The molecule has 0 saturated heterocycles. The van der Waals surface area contributed by atoms with Gasteiger partial charge in [0.2, 0.25) is 0 Å². The average Bonchev–Trinajstić information content (AvgIpc) is 2.80. The van der Waals surface area contributed by atoms with Crippen molar-refractivity contribution in [1.29, 1.82) is 0 Å². The molecule has 0 heterocycles.